The first-order valence-electron chi connectivity index (χ1n) is 8.08. The van der Waals surface area contributed by atoms with Gasteiger partial charge in [0.05, 0.1) is 11.9 Å². The van der Waals surface area contributed by atoms with Crippen molar-refractivity contribution in [3.05, 3.63) is 12.4 Å². The highest BCUT2D eigenvalue weighted by Gasteiger charge is 2.29. The number of piperidine rings is 1. The van der Waals surface area contributed by atoms with Gasteiger partial charge in [-0.3, -0.25) is 9.58 Å². The Bertz CT molecular complexity index is 480. The number of hydrogen-bond acceptors (Lipinski definition) is 3. The number of aromatic nitrogens is 2. The number of hydrogen-bond donors (Lipinski definition) is 1. The smallest absolute Gasteiger partial charge is 0.321 e. The number of nitrogens with zero attached hydrogens (tertiary/aromatic N) is 4. The van der Waals surface area contributed by atoms with E-state index in [1.165, 1.54) is 32.4 Å². The lowest BCUT2D eigenvalue weighted by Gasteiger charge is -2.37. The minimum Gasteiger partial charge on any atom is -0.323 e. The molecule has 1 N–H and O–H groups in total. The van der Waals surface area contributed by atoms with Crippen molar-refractivity contribution in [2.75, 3.05) is 31.5 Å². The SMILES string of the molecule is CCn1cc(NC(=O)N2CCC[C@H](N3CCCC3)C2)cn1. The van der Waals surface area contributed by atoms with Gasteiger partial charge in [-0.2, -0.15) is 5.10 Å². The first-order chi connectivity index (χ1) is 10.3. The van der Waals surface area contributed by atoms with Crippen LogP contribution in [0, 0.1) is 0 Å². The lowest BCUT2D eigenvalue weighted by atomic mass is 10.0. The zero-order valence-electron chi connectivity index (χ0n) is 12.8. The quantitative estimate of drug-likeness (QED) is 0.926. The van der Waals surface area contributed by atoms with Crippen molar-refractivity contribution in [1.82, 2.24) is 19.6 Å². The molecular formula is C15H25N5O. The summed E-state index contributed by atoms with van der Waals surface area (Å²) in [6, 6.07) is 0.555. The lowest BCUT2D eigenvalue weighted by molar-refractivity contribution is 0.132. The van der Waals surface area contributed by atoms with E-state index in [2.05, 4.69) is 15.3 Å². The van der Waals surface area contributed by atoms with Gasteiger partial charge in [-0.25, -0.2) is 4.79 Å². The van der Waals surface area contributed by atoms with Gasteiger partial charge in [-0.15, -0.1) is 0 Å². The van der Waals surface area contributed by atoms with Gasteiger partial charge in [0.15, 0.2) is 0 Å². The molecule has 0 aromatic carbocycles. The second-order valence-electron chi connectivity index (χ2n) is 6.00. The van der Waals surface area contributed by atoms with Crippen LogP contribution in [0.25, 0.3) is 0 Å². The van der Waals surface area contributed by atoms with E-state index in [-0.39, 0.29) is 6.03 Å². The van der Waals surface area contributed by atoms with Gasteiger partial charge in [0, 0.05) is 31.9 Å². The van der Waals surface area contributed by atoms with E-state index >= 15 is 0 Å². The second kappa shape index (κ2) is 6.47. The molecule has 1 aromatic rings. The van der Waals surface area contributed by atoms with Crippen LogP contribution in [0.4, 0.5) is 10.5 Å². The van der Waals surface area contributed by atoms with E-state index in [9.17, 15) is 4.79 Å². The molecule has 0 saturated carbocycles. The van der Waals surface area contributed by atoms with Gasteiger partial charge < -0.3 is 10.2 Å². The highest BCUT2D eigenvalue weighted by atomic mass is 16.2. The van der Waals surface area contributed by atoms with Crippen LogP contribution in [-0.4, -0.2) is 57.8 Å². The van der Waals surface area contributed by atoms with Crippen molar-refractivity contribution in [2.24, 2.45) is 0 Å². The lowest BCUT2D eigenvalue weighted by Crippen LogP contribution is -2.50. The Morgan fingerprint density at radius 1 is 1.33 bits per heavy atom. The Morgan fingerprint density at radius 3 is 2.86 bits per heavy atom. The topological polar surface area (TPSA) is 53.4 Å². The summed E-state index contributed by atoms with van der Waals surface area (Å²) < 4.78 is 1.82. The average molecular weight is 291 g/mol. The number of carbonyl (C=O) groups excluding carboxylic acids is 1. The summed E-state index contributed by atoms with van der Waals surface area (Å²) in [5.74, 6) is 0. The summed E-state index contributed by atoms with van der Waals surface area (Å²) in [7, 11) is 0. The molecule has 6 nitrogen and oxygen atoms in total. The van der Waals surface area contributed by atoms with E-state index in [1.807, 2.05) is 22.7 Å². The molecule has 0 radical (unpaired) electrons. The van der Waals surface area contributed by atoms with E-state index in [0.29, 0.717) is 6.04 Å². The van der Waals surface area contributed by atoms with Gasteiger partial charge >= 0.3 is 6.03 Å². The Hall–Kier alpha value is -1.56. The third kappa shape index (κ3) is 3.37. The number of nitrogens with one attached hydrogen (secondary N) is 1. The first-order valence-corrected chi connectivity index (χ1v) is 8.08. The number of likely N-dealkylation sites (tertiary alicyclic amines) is 2. The molecule has 1 aromatic heterocycles. The van der Waals surface area contributed by atoms with Crippen LogP contribution in [0.5, 0.6) is 0 Å². The number of urea groups is 1. The Morgan fingerprint density at radius 2 is 2.14 bits per heavy atom. The second-order valence-corrected chi connectivity index (χ2v) is 6.00. The summed E-state index contributed by atoms with van der Waals surface area (Å²) in [6.45, 7) is 6.96. The van der Waals surface area contributed by atoms with Crippen LogP contribution in [0.2, 0.25) is 0 Å². The summed E-state index contributed by atoms with van der Waals surface area (Å²) >= 11 is 0. The normalized spacial score (nSPS) is 23.5. The first kappa shape index (κ1) is 14.4. The van der Waals surface area contributed by atoms with Crippen molar-refractivity contribution in [3.63, 3.8) is 0 Å². The maximum absolute atomic E-state index is 12.4. The molecule has 2 fully saturated rings. The van der Waals surface area contributed by atoms with Crippen LogP contribution in [-0.2, 0) is 6.54 Å². The Balaban J connectivity index is 1.56. The van der Waals surface area contributed by atoms with Crippen LogP contribution < -0.4 is 5.32 Å². The predicted molar refractivity (Wildman–Crippen MR) is 82.3 cm³/mol. The van der Waals surface area contributed by atoms with Crippen LogP contribution in [0.15, 0.2) is 12.4 Å². The monoisotopic (exact) mass is 291 g/mol. The van der Waals surface area contributed by atoms with Gasteiger partial charge in [-0.1, -0.05) is 0 Å². The molecule has 21 heavy (non-hydrogen) atoms. The molecule has 2 aliphatic rings. The molecule has 3 heterocycles. The zero-order valence-corrected chi connectivity index (χ0v) is 12.8. The third-order valence-corrected chi connectivity index (χ3v) is 4.55. The molecule has 116 valence electrons. The molecule has 2 aliphatic heterocycles. The molecule has 1 atom stereocenters. The molecular weight excluding hydrogens is 266 g/mol. The van der Waals surface area contributed by atoms with Crippen molar-refractivity contribution >= 4 is 11.7 Å². The Kier molecular flexibility index (Phi) is 4.43. The van der Waals surface area contributed by atoms with E-state index < -0.39 is 0 Å². The largest absolute Gasteiger partial charge is 0.323 e. The minimum atomic E-state index is 0.00884. The molecule has 3 rings (SSSR count). The van der Waals surface area contributed by atoms with Crippen molar-refractivity contribution in [2.45, 2.75) is 45.2 Å². The predicted octanol–water partition coefficient (Wildman–Crippen LogP) is 2.00. The molecule has 0 spiro atoms. The molecule has 2 saturated heterocycles. The Labute approximate surface area is 126 Å². The van der Waals surface area contributed by atoms with E-state index in [0.717, 1.165) is 31.7 Å². The fraction of sp³-hybridized carbons (Fsp3) is 0.733. The average Bonchev–Trinajstić information content (AvgIpc) is 3.18. The summed E-state index contributed by atoms with van der Waals surface area (Å²) in [5.41, 5.74) is 0.783. The molecule has 6 heteroatoms. The standard InChI is InChI=1S/C15H25N5O/c1-2-20-11-13(10-16-20)17-15(21)19-9-5-6-14(12-19)18-7-3-4-8-18/h10-11,14H,2-9,12H2,1H3,(H,17,21)/t14-/m0/s1. The molecule has 0 aliphatic carbocycles. The fourth-order valence-corrected chi connectivity index (χ4v) is 3.35. The maximum atomic E-state index is 12.4. The van der Waals surface area contributed by atoms with Crippen molar-refractivity contribution < 1.29 is 4.79 Å². The van der Waals surface area contributed by atoms with Gasteiger partial charge in [0.2, 0.25) is 0 Å². The van der Waals surface area contributed by atoms with Crippen LogP contribution >= 0.6 is 0 Å². The fourth-order valence-electron chi connectivity index (χ4n) is 3.35. The summed E-state index contributed by atoms with van der Waals surface area (Å²) in [4.78, 5) is 16.9. The number of aryl methyl sites for hydroxylation is 1. The molecule has 0 bridgehead atoms. The maximum Gasteiger partial charge on any atom is 0.321 e. The third-order valence-electron chi connectivity index (χ3n) is 4.55. The number of carbonyl (C=O) groups is 1. The van der Waals surface area contributed by atoms with E-state index in [4.69, 9.17) is 0 Å². The van der Waals surface area contributed by atoms with Crippen molar-refractivity contribution in [3.8, 4) is 0 Å². The number of anilines is 1. The summed E-state index contributed by atoms with van der Waals surface area (Å²) in [5, 5.41) is 7.15. The molecule has 2 amide bonds. The minimum absolute atomic E-state index is 0.00884. The van der Waals surface area contributed by atoms with Crippen molar-refractivity contribution in [1.29, 1.82) is 0 Å². The highest BCUT2D eigenvalue weighted by Crippen LogP contribution is 2.21. The number of rotatable bonds is 3. The van der Waals surface area contributed by atoms with E-state index in [1.54, 1.807) is 6.20 Å². The molecule has 0 unspecified atom stereocenters. The van der Waals surface area contributed by atoms with Gasteiger partial charge in [-0.05, 0) is 45.7 Å². The van der Waals surface area contributed by atoms with Gasteiger partial charge in [0.1, 0.15) is 0 Å². The summed E-state index contributed by atoms with van der Waals surface area (Å²) in [6.07, 6.45) is 8.52. The van der Waals surface area contributed by atoms with Crippen LogP contribution in [0.1, 0.15) is 32.6 Å². The highest BCUT2D eigenvalue weighted by molar-refractivity contribution is 5.89. The zero-order chi connectivity index (χ0) is 14.7. The number of amides is 2. The van der Waals surface area contributed by atoms with Gasteiger partial charge in [0.25, 0.3) is 0 Å². The van der Waals surface area contributed by atoms with Crippen LogP contribution in [0.3, 0.4) is 0 Å².